The number of hydrogen-bond donors (Lipinski definition) is 1. The lowest BCUT2D eigenvalue weighted by molar-refractivity contribution is 0.126. The molecule has 4 aromatic rings. The molecule has 2 aromatic heterocycles. The average molecular weight is 445 g/mol. The van der Waals surface area contributed by atoms with Crippen LogP contribution in [0, 0.1) is 18.3 Å². The normalized spacial score (nSPS) is 11.8. The number of aryl methyl sites for hydroxylation is 1. The standard InChI is InChI=1S/C24H20N4O3S/c1-16-5-4-12-26-22(16)28-23(30)20-6-2-3-7-21(20)27-24(28)32-15-18(29)14-31-19-10-8-17(13-25)9-11-19/h2-12,18,29H,14-15H2,1H3. The Bertz CT molecular complexity index is 1350. The van der Waals surface area contributed by atoms with Crippen LogP contribution in [0.5, 0.6) is 5.75 Å². The van der Waals surface area contributed by atoms with Crippen LogP contribution in [0.1, 0.15) is 11.1 Å². The van der Waals surface area contributed by atoms with Crippen LogP contribution in [0.4, 0.5) is 0 Å². The van der Waals surface area contributed by atoms with E-state index in [9.17, 15) is 9.90 Å². The lowest BCUT2D eigenvalue weighted by Crippen LogP contribution is -2.25. The van der Waals surface area contributed by atoms with Gasteiger partial charge in [0.25, 0.3) is 5.56 Å². The molecule has 0 aliphatic heterocycles. The quantitative estimate of drug-likeness (QED) is 0.344. The minimum atomic E-state index is -0.794. The van der Waals surface area contributed by atoms with Gasteiger partial charge in [0.05, 0.1) is 28.6 Å². The second kappa shape index (κ2) is 9.64. The van der Waals surface area contributed by atoms with Crippen molar-refractivity contribution >= 4 is 22.7 Å². The summed E-state index contributed by atoms with van der Waals surface area (Å²) in [6.45, 7) is 1.96. The maximum Gasteiger partial charge on any atom is 0.267 e. The van der Waals surface area contributed by atoms with Crippen LogP contribution in [0.25, 0.3) is 16.7 Å². The number of aliphatic hydroxyl groups is 1. The third-order valence-corrected chi connectivity index (χ3v) is 5.85. The number of rotatable bonds is 7. The van der Waals surface area contributed by atoms with E-state index in [4.69, 9.17) is 10.00 Å². The molecule has 32 heavy (non-hydrogen) atoms. The molecule has 0 amide bonds. The fraction of sp³-hybridized carbons (Fsp3) is 0.167. The Morgan fingerprint density at radius 3 is 2.69 bits per heavy atom. The smallest absolute Gasteiger partial charge is 0.267 e. The number of nitrogens with zero attached hydrogens (tertiary/aromatic N) is 4. The Morgan fingerprint density at radius 2 is 1.94 bits per heavy atom. The van der Waals surface area contributed by atoms with Crippen LogP contribution in [-0.2, 0) is 0 Å². The molecular weight excluding hydrogens is 424 g/mol. The molecular formula is C24H20N4O3S. The van der Waals surface area contributed by atoms with E-state index >= 15 is 0 Å². The molecule has 0 bridgehead atoms. The van der Waals surface area contributed by atoms with Gasteiger partial charge in [0, 0.05) is 11.9 Å². The second-order valence-corrected chi connectivity index (χ2v) is 8.10. The van der Waals surface area contributed by atoms with Crippen molar-refractivity contribution in [3.05, 3.63) is 88.3 Å². The molecule has 0 saturated carbocycles. The van der Waals surface area contributed by atoms with Crippen LogP contribution in [-0.4, -0.2) is 38.1 Å². The minimum Gasteiger partial charge on any atom is -0.491 e. The highest BCUT2D eigenvalue weighted by Crippen LogP contribution is 2.23. The Hall–Kier alpha value is -3.67. The maximum atomic E-state index is 13.3. The number of fused-ring (bicyclic) bond motifs is 1. The van der Waals surface area contributed by atoms with Crippen molar-refractivity contribution < 1.29 is 9.84 Å². The maximum absolute atomic E-state index is 13.3. The number of thioether (sulfide) groups is 1. The molecule has 0 spiro atoms. The zero-order chi connectivity index (χ0) is 22.5. The van der Waals surface area contributed by atoms with Crippen molar-refractivity contribution in [2.24, 2.45) is 0 Å². The van der Waals surface area contributed by atoms with Crippen molar-refractivity contribution in [2.75, 3.05) is 12.4 Å². The van der Waals surface area contributed by atoms with E-state index in [-0.39, 0.29) is 17.9 Å². The number of hydrogen-bond acceptors (Lipinski definition) is 7. The number of nitriles is 1. The molecule has 0 radical (unpaired) electrons. The zero-order valence-electron chi connectivity index (χ0n) is 17.3. The molecule has 2 aromatic carbocycles. The van der Waals surface area contributed by atoms with Crippen molar-refractivity contribution in [3.8, 4) is 17.6 Å². The number of ether oxygens (including phenoxy) is 1. The van der Waals surface area contributed by atoms with Gasteiger partial charge in [0.15, 0.2) is 5.16 Å². The molecule has 0 saturated heterocycles. The van der Waals surface area contributed by atoms with Gasteiger partial charge in [0.2, 0.25) is 0 Å². The van der Waals surface area contributed by atoms with E-state index in [1.807, 2.05) is 31.2 Å². The molecule has 4 rings (SSSR count). The largest absolute Gasteiger partial charge is 0.491 e. The van der Waals surface area contributed by atoms with Gasteiger partial charge in [0.1, 0.15) is 18.2 Å². The minimum absolute atomic E-state index is 0.0688. The van der Waals surface area contributed by atoms with Gasteiger partial charge in [-0.3, -0.25) is 4.79 Å². The summed E-state index contributed by atoms with van der Waals surface area (Å²) in [5.74, 6) is 1.35. The molecule has 1 N–H and O–H groups in total. The Kier molecular flexibility index (Phi) is 6.50. The third kappa shape index (κ3) is 4.64. The van der Waals surface area contributed by atoms with E-state index in [1.165, 1.54) is 16.3 Å². The number of aromatic nitrogens is 3. The Morgan fingerprint density at radius 1 is 1.16 bits per heavy atom. The fourth-order valence-electron chi connectivity index (χ4n) is 3.14. The summed E-state index contributed by atoms with van der Waals surface area (Å²) in [5.41, 5.74) is 1.77. The SMILES string of the molecule is Cc1cccnc1-n1c(SCC(O)COc2ccc(C#N)cc2)nc2ccccc2c1=O. The van der Waals surface area contributed by atoms with E-state index in [2.05, 4.69) is 9.97 Å². The van der Waals surface area contributed by atoms with Crippen molar-refractivity contribution in [2.45, 2.75) is 18.2 Å². The summed E-state index contributed by atoms with van der Waals surface area (Å²) >= 11 is 1.27. The second-order valence-electron chi connectivity index (χ2n) is 7.11. The van der Waals surface area contributed by atoms with Gasteiger partial charge in [-0.15, -0.1) is 0 Å². The highest BCUT2D eigenvalue weighted by Gasteiger charge is 2.17. The van der Waals surface area contributed by atoms with Crippen molar-refractivity contribution in [3.63, 3.8) is 0 Å². The first kappa shape index (κ1) is 21.6. The molecule has 2 heterocycles. The molecule has 8 heteroatoms. The van der Waals surface area contributed by atoms with Gasteiger partial charge in [-0.1, -0.05) is 30.0 Å². The molecule has 7 nitrogen and oxygen atoms in total. The Balaban J connectivity index is 1.56. The number of benzene rings is 2. The van der Waals surface area contributed by atoms with E-state index in [0.717, 1.165) is 5.56 Å². The summed E-state index contributed by atoms with van der Waals surface area (Å²) < 4.78 is 7.11. The van der Waals surface area contributed by atoms with Crippen LogP contribution < -0.4 is 10.3 Å². The third-order valence-electron chi connectivity index (χ3n) is 4.77. The van der Waals surface area contributed by atoms with Gasteiger partial charge >= 0.3 is 0 Å². The van der Waals surface area contributed by atoms with Gasteiger partial charge in [-0.05, 0) is 55.0 Å². The van der Waals surface area contributed by atoms with E-state index in [0.29, 0.717) is 33.2 Å². The predicted octanol–water partition coefficient (Wildman–Crippen LogP) is 3.49. The van der Waals surface area contributed by atoms with Crippen molar-refractivity contribution in [1.29, 1.82) is 5.26 Å². The number of pyridine rings is 1. The number of para-hydroxylation sites is 1. The first-order valence-corrected chi connectivity index (χ1v) is 10.9. The first-order valence-electron chi connectivity index (χ1n) is 9.94. The summed E-state index contributed by atoms with van der Waals surface area (Å²) in [7, 11) is 0. The zero-order valence-corrected chi connectivity index (χ0v) is 18.1. The van der Waals surface area contributed by atoms with E-state index < -0.39 is 6.10 Å². The van der Waals surface area contributed by atoms with Gasteiger partial charge in [-0.2, -0.15) is 5.26 Å². The highest BCUT2D eigenvalue weighted by atomic mass is 32.2. The topological polar surface area (TPSA) is 101 Å². The van der Waals surface area contributed by atoms with E-state index in [1.54, 1.807) is 48.7 Å². The summed E-state index contributed by atoms with van der Waals surface area (Å²) in [6, 6.07) is 19.6. The van der Waals surface area contributed by atoms with Crippen LogP contribution in [0.2, 0.25) is 0 Å². The first-order chi connectivity index (χ1) is 15.6. The molecule has 160 valence electrons. The molecule has 0 aliphatic carbocycles. The molecule has 0 fully saturated rings. The molecule has 0 aliphatic rings. The average Bonchev–Trinajstić information content (AvgIpc) is 2.82. The van der Waals surface area contributed by atoms with Gasteiger partial charge in [-0.25, -0.2) is 14.5 Å². The Labute approximate surface area is 189 Å². The molecule has 1 atom stereocenters. The fourth-order valence-corrected chi connectivity index (χ4v) is 4.04. The number of aliphatic hydroxyl groups excluding tert-OH is 1. The summed E-state index contributed by atoms with van der Waals surface area (Å²) in [4.78, 5) is 22.3. The lowest BCUT2D eigenvalue weighted by Gasteiger charge is -2.16. The van der Waals surface area contributed by atoms with Gasteiger partial charge < -0.3 is 9.84 Å². The van der Waals surface area contributed by atoms with Crippen LogP contribution in [0.15, 0.2) is 76.8 Å². The highest BCUT2D eigenvalue weighted by molar-refractivity contribution is 7.99. The summed E-state index contributed by atoms with van der Waals surface area (Å²) in [6.07, 6.45) is 0.843. The summed E-state index contributed by atoms with van der Waals surface area (Å²) in [5, 5.41) is 20.3. The van der Waals surface area contributed by atoms with Crippen LogP contribution >= 0.6 is 11.8 Å². The monoisotopic (exact) mass is 444 g/mol. The predicted molar refractivity (Wildman–Crippen MR) is 123 cm³/mol. The van der Waals surface area contributed by atoms with Crippen LogP contribution in [0.3, 0.4) is 0 Å². The molecule has 1 unspecified atom stereocenters. The lowest BCUT2D eigenvalue weighted by atomic mass is 10.2. The van der Waals surface area contributed by atoms with Crippen molar-refractivity contribution in [1.82, 2.24) is 14.5 Å².